The van der Waals surface area contributed by atoms with E-state index in [0.717, 1.165) is 29.4 Å². The minimum Gasteiger partial charge on any atom is -0.496 e. The van der Waals surface area contributed by atoms with Crippen molar-refractivity contribution in [1.82, 2.24) is 10.2 Å². The fourth-order valence-electron chi connectivity index (χ4n) is 2.26. The van der Waals surface area contributed by atoms with Crippen LogP contribution in [0.3, 0.4) is 0 Å². The first-order chi connectivity index (χ1) is 8.97. The van der Waals surface area contributed by atoms with E-state index in [4.69, 9.17) is 16.3 Å². The molecule has 1 rings (SSSR count). The zero-order valence-electron chi connectivity index (χ0n) is 12.5. The van der Waals surface area contributed by atoms with Gasteiger partial charge in [-0.05, 0) is 32.1 Å². The van der Waals surface area contributed by atoms with Crippen LogP contribution >= 0.6 is 11.6 Å². The number of nitrogens with zero attached hydrogens (tertiary/aromatic N) is 1. The van der Waals surface area contributed by atoms with Gasteiger partial charge in [0.1, 0.15) is 5.75 Å². The third-order valence-electron chi connectivity index (χ3n) is 3.38. The second-order valence-corrected chi connectivity index (χ2v) is 5.73. The molecule has 0 fully saturated rings. The van der Waals surface area contributed by atoms with Gasteiger partial charge in [0, 0.05) is 29.7 Å². The second kappa shape index (κ2) is 7.73. The number of hydrogen-bond donors (Lipinski definition) is 1. The van der Waals surface area contributed by atoms with Gasteiger partial charge in [-0.3, -0.25) is 0 Å². The Morgan fingerprint density at radius 3 is 2.53 bits per heavy atom. The van der Waals surface area contributed by atoms with Crippen molar-refractivity contribution in [3.8, 4) is 5.75 Å². The van der Waals surface area contributed by atoms with Crippen molar-refractivity contribution in [3.63, 3.8) is 0 Å². The first-order valence-corrected chi connectivity index (χ1v) is 7.03. The molecule has 0 bridgehead atoms. The van der Waals surface area contributed by atoms with Crippen molar-refractivity contribution in [2.45, 2.75) is 26.4 Å². The molecule has 1 N–H and O–H groups in total. The molecule has 0 spiro atoms. The van der Waals surface area contributed by atoms with Crippen molar-refractivity contribution in [2.24, 2.45) is 5.92 Å². The highest BCUT2D eigenvalue weighted by Gasteiger charge is 2.15. The molecule has 0 saturated heterocycles. The highest BCUT2D eigenvalue weighted by atomic mass is 35.5. The summed E-state index contributed by atoms with van der Waals surface area (Å²) < 4.78 is 5.34. The van der Waals surface area contributed by atoms with Crippen molar-refractivity contribution in [2.75, 3.05) is 27.7 Å². The van der Waals surface area contributed by atoms with Crippen molar-refractivity contribution in [3.05, 3.63) is 28.8 Å². The van der Waals surface area contributed by atoms with Crippen LogP contribution in [0.25, 0.3) is 0 Å². The van der Waals surface area contributed by atoms with Crippen molar-refractivity contribution < 1.29 is 4.74 Å². The molecule has 4 heteroatoms. The molecule has 108 valence electrons. The van der Waals surface area contributed by atoms with Gasteiger partial charge in [-0.15, -0.1) is 0 Å². The van der Waals surface area contributed by atoms with Gasteiger partial charge in [-0.25, -0.2) is 0 Å². The lowest BCUT2D eigenvalue weighted by Crippen LogP contribution is -2.41. The summed E-state index contributed by atoms with van der Waals surface area (Å²) in [5, 5.41) is 4.22. The molecule has 0 heterocycles. The molecular formula is C15H25ClN2O. The highest BCUT2D eigenvalue weighted by Crippen LogP contribution is 2.25. The van der Waals surface area contributed by atoms with Gasteiger partial charge in [-0.1, -0.05) is 31.5 Å². The Hall–Kier alpha value is -0.770. The SMILES string of the molecule is COc1cccc(Cl)c1CNCC(C(C)C)N(C)C. The average molecular weight is 285 g/mol. The van der Waals surface area contributed by atoms with E-state index >= 15 is 0 Å². The maximum Gasteiger partial charge on any atom is 0.124 e. The first-order valence-electron chi connectivity index (χ1n) is 6.65. The summed E-state index contributed by atoms with van der Waals surface area (Å²) >= 11 is 6.22. The topological polar surface area (TPSA) is 24.5 Å². The number of ether oxygens (including phenoxy) is 1. The monoisotopic (exact) mass is 284 g/mol. The number of hydrogen-bond acceptors (Lipinski definition) is 3. The fraction of sp³-hybridized carbons (Fsp3) is 0.600. The Labute approximate surface area is 121 Å². The molecular weight excluding hydrogens is 260 g/mol. The van der Waals surface area contributed by atoms with E-state index in [1.54, 1.807) is 7.11 Å². The molecule has 3 nitrogen and oxygen atoms in total. The Morgan fingerprint density at radius 2 is 2.00 bits per heavy atom. The number of methoxy groups -OCH3 is 1. The lowest BCUT2D eigenvalue weighted by Gasteiger charge is -2.28. The quantitative estimate of drug-likeness (QED) is 0.833. The van der Waals surface area contributed by atoms with Gasteiger partial charge >= 0.3 is 0 Å². The molecule has 0 aliphatic carbocycles. The number of likely N-dealkylation sites (N-methyl/N-ethyl adjacent to an activating group) is 1. The van der Waals surface area contributed by atoms with Crippen LogP contribution in [0.5, 0.6) is 5.75 Å². The van der Waals surface area contributed by atoms with E-state index in [2.05, 4.69) is 38.2 Å². The van der Waals surface area contributed by atoms with Crippen molar-refractivity contribution in [1.29, 1.82) is 0 Å². The maximum absolute atomic E-state index is 6.22. The van der Waals surface area contributed by atoms with Gasteiger partial charge in [0.25, 0.3) is 0 Å². The summed E-state index contributed by atoms with van der Waals surface area (Å²) in [5.74, 6) is 1.45. The van der Waals surface area contributed by atoms with Gasteiger partial charge in [0.05, 0.1) is 7.11 Å². The molecule has 19 heavy (non-hydrogen) atoms. The van der Waals surface area contributed by atoms with Gasteiger partial charge < -0.3 is 15.0 Å². The second-order valence-electron chi connectivity index (χ2n) is 5.33. The van der Waals surface area contributed by atoms with Gasteiger partial charge in [-0.2, -0.15) is 0 Å². The maximum atomic E-state index is 6.22. The van der Waals surface area contributed by atoms with Crippen LogP contribution in [0, 0.1) is 5.92 Å². The molecule has 1 unspecified atom stereocenters. The number of halogens is 1. The Balaban J connectivity index is 2.62. The molecule has 0 aromatic heterocycles. The van der Waals surface area contributed by atoms with Gasteiger partial charge in [0.15, 0.2) is 0 Å². The highest BCUT2D eigenvalue weighted by molar-refractivity contribution is 6.31. The van der Waals surface area contributed by atoms with Crippen LogP contribution in [0.1, 0.15) is 19.4 Å². The minimum atomic E-state index is 0.508. The Bertz CT molecular complexity index is 386. The molecule has 1 atom stereocenters. The Kier molecular flexibility index (Phi) is 6.63. The normalized spacial score (nSPS) is 13.1. The molecule has 0 radical (unpaired) electrons. The van der Waals surface area contributed by atoms with Crippen LogP contribution in [0.2, 0.25) is 5.02 Å². The minimum absolute atomic E-state index is 0.508. The number of rotatable bonds is 7. The zero-order valence-corrected chi connectivity index (χ0v) is 13.3. The summed E-state index contributed by atoms with van der Waals surface area (Å²) in [5.41, 5.74) is 1.02. The van der Waals surface area contributed by atoms with E-state index in [1.165, 1.54) is 0 Å². The average Bonchev–Trinajstić information content (AvgIpc) is 2.34. The van der Waals surface area contributed by atoms with E-state index in [9.17, 15) is 0 Å². The third kappa shape index (κ3) is 4.68. The fourth-order valence-corrected chi connectivity index (χ4v) is 2.49. The molecule has 0 amide bonds. The van der Waals surface area contributed by atoms with Crippen LogP contribution in [0.4, 0.5) is 0 Å². The standard InChI is InChI=1S/C15H25ClN2O/c1-11(2)14(18(3)4)10-17-9-12-13(16)7-6-8-15(12)19-5/h6-8,11,14,17H,9-10H2,1-5H3. The molecule has 0 saturated carbocycles. The summed E-state index contributed by atoms with van der Waals surface area (Å²) in [6, 6.07) is 6.25. The lowest BCUT2D eigenvalue weighted by atomic mass is 10.0. The number of benzene rings is 1. The van der Waals surface area contributed by atoms with Gasteiger partial charge in [0.2, 0.25) is 0 Å². The van der Waals surface area contributed by atoms with Crippen LogP contribution in [-0.4, -0.2) is 38.7 Å². The van der Waals surface area contributed by atoms with Crippen LogP contribution in [0.15, 0.2) is 18.2 Å². The molecule has 0 aliphatic heterocycles. The van der Waals surface area contributed by atoms with E-state index in [-0.39, 0.29) is 0 Å². The predicted octanol–water partition coefficient (Wildman–Crippen LogP) is 3.02. The van der Waals surface area contributed by atoms with E-state index < -0.39 is 0 Å². The largest absolute Gasteiger partial charge is 0.496 e. The molecule has 1 aromatic rings. The summed E-state index contributed by atoms with van der Waals surface area (Å²) in [4.78, 5) is 2.25. The smallest absolute Gasteiger partial charge is 0.124 e. The zero-order chi connectivity index (χ0) is 14.4. The third-order valence-corrected chi connectivity index (χ3v) is 3.74. The van der Waals surface area contributed by atoms with E-state index in [1.807, 2.05) is 18.2 Å². The van der Waals surface area contributed by atoms with Crippen LogP contribution in [-0.2, 0) is 6.54 Å². The summed E-state index contributed by atoms with van der Waals surface area (Å²) in [6.07, 6.45) is 0. The van der Waals surface area contributed by atoms with Crippen LogP contribution < -0.4 is 10.1 Å². The number of nitrogens with one attached hydrogen (secondary N) is 1. The molecule has 1 aromatic carbocycles. The molecule has 0 aliphatic rings. The lowest BCUT2D eigenvalue weighted by molar-refractivity contribution is 0.224. The summed E-state index contributed by atoms with van der Waals surface area (Å²) in [7, 11) is 5.90. The first kappa shape index (κ1) is 16.3. The predicted molar refractivity (Wildman–Crippen MR) is 82.0 cm³/mol. The van der Waals surface area contributed by atoms with E-state index in [0.29, 0.717) is 12.0 Å². The van der Waals surface area contributed by atoms with Crippen molar-refractivity contribution >= 4 is 11.6 Å². The summed E-state index contributed by atoms with van der Waals surface area (Å²) in [6.45, 7) is 6.13. The Morgan fingerprint density at radius 1 is 1.32 bits per heavy atom.